The minimum Gasteiger partial charge on any atom is -0.508 e. The summed E-state index contributed by atoms with van der Waals surface area (Å²) in [7, 11) is 0. The zero-order valence-corrected chi connectivity index (χ0v) is 12.6. The van der Waals surface area contributed by atoms with Crippen LogP contribution in [0.1, 0.15) is 11.3 Å². The molecule has 0 amide bonds. The molecule has 0 atom stereocenters. The lowest BCUT2D eigenvalue weighted by atomic mass is 9.90. The van der Waals surface area contributed by atoms with Gasteiger partial charge in [0.25, 0.3) is 0 Å². The first-order valence-electron chi connectivity index (χ1n) is 7.17. The summed E-state index contributed by atoms with van der Waals surface area (Å²) in [6.45, 7) is 1.87. The second-order valence-electron chi connectivity index (χ2n) is 5.24. The van der Waals surface area contributed by atoms with E-state index in [1.54, 1.807) is 18.2 Å². The maximum Gasteiger partial charge on any atom is 0.142 e. The molecule has 0 bridgehead atoms. The normalized spacial score (nSPS) is 10.3. The molecule has 2 aromatic carbocycles. The van der Waals surface area contributed by atoms with Crippen LogP contribution in [-0.2, 0) is 0 Å². The molecular formula is C19H15N3O. The van der Waals surface area contributed by atoms with Crippen LogP contribution in [0.15, 0.2) is 54.6 Å². The average Bonchev–Trinajstić information content (AvgIpc) is 2.55. The van der Waals surface area contributed by atoms with Crippen molar-refractivity contribution < 1.29 is 5.11 Å². The number of benzene rings is 2. The summed E-state index contributed by atoms with van der Waals surface area (Å²) in [6, 6.07) is 18.7. The van der Waals surface area contributed by atoms with Crippen molar-refractivity contribution in [1.82, 2.24) is 4.98 Å². The van der Waals surface area contributed by atoms with Crippen LogP contribution in [0, 0.1) is 18.3 Å². The van der Waals surface area contributed by atoms with Gasteiger partial charge in [-0.15, -0.1) is 0 Å². The maximum absolute atomic E-state index is 9.81. The molecule has 0 saturated carbocycles. The first-order chi connectivity index (χ1) is 11.1. The van der Waals surface area contributed by atoms with Gasteiger partial charge in [0.15, 0.2) is 0 Å². The smallest absolute Gasteiger partial charge is 0.142 e. The lowest BCUT2D eigenvalue weighted by molar-refractivity contribution is 0.475. The first kappa shape index (κ1) is 14.6. The van der Waals surface area contributed by atoms with E-state index in [1.807, 2.05) is 43.3 Å². The Hall–Kier alpha value is -3.32. The number of phenols is 1. The van der Waals surface area contributed by atoms with Crippen molar-refractivity contribution in [3.8, 4) is 34.1 Å². The molecule has 0 aliphatic carbocycles. The summed E-state index contributed by atoms with van der Waals surface area (Å²) in [6.07, 6.45) is 0. The van der Waals surface area contributed by atoms with Gasteiger partial charge in [-0.25, -0.2) is 4.98 Å². The van der Waals surface area contributed by atoms with Crippen LogP contribution in [-0.4, -0.2) is 10.1 Å². The van der Waals surface area contributed by atoms with Gasteiger partial charge in [-0.05, 0) is 30.2 Å². The molecule has 23 heavy (non-hydrogen) atoms. The van der Waals surface area contributed by atoms with Crippen molar-refractivity contribution in [3.05, 3.63) is 65.9 Å². The Kier molecular flexibility index (Phi) is 3.70. The Morgan fingerprint density at radius 3 is 2.35 bits per heavy atom. The highest BCUT2D eigenvalue weighted by atomic mass is 16.3. The fraction of sp³-hybridized carbons (Fsp3) is 0.0526. The van der Waals surface area contributed by atoms with Crippen LogP contribution in [0.25, 0.3) is 22.3 Å². The minimum absolute atomic E-state index is 0.137. The zero-order chi connectivity index (χ0) is 16.4. The van der Waals surface area contributed by atoms with E-state index in [0.29, 0.717) is 11.1 Å². The Balaban J connectivity index is 2.43. The molecule has 112 valence electrons. The summed E-state index contributed by atoms with van der Waals surface area (Å²) in [5.74, 6) is 0.335. The van der Waals surface area contributed by atoms with Crippen molar-refractivity contribution in [2.24, 2.45) is 0 Å². The quantitative estimate of drug-likeness (QED) is 0.752. The topological polar surface area (TPSA) is 82.9 Å². The van der Waals surface area contributed by atoms with Gasteiger partial charge >= 0.3 is 0 Å². The lowest BCUT2D eigenvalue weighted by Gasteiger charge is -2.16. The summed E-state index contributed by atoms with van der Waals surface area (Å²) >= 11 is 0. The van der Waals surface area contributed by atoms with Gasteiger partial charge in [0.2, 0.25) is 0 Å². The third-order valence-corrected chi connectivity index (χ3v) is 3.72. The van der Waals surface area contributed by atoms with E-state index in [0.717, 1.165) is 22.4 Å². The molecule has 0 aliphatic rings. The van der Waals surface area contributed by atoms with Gasteiger partial charge < -0.3 is 10.8 Å². The van der Waals surface area contributed by atoms with E-state index in [9.17, 15) is 10.4 Å². The Morgan fingerprint density at radius 2 is 1.70 bits per heavy atom. The van der Waals surface area contributed by atoms with Gasteiger partial charge in [-0.2, -0.15) is 5.26 Å². The van der Waals surface area contributed by atoms with E-state index in [-0.39, 0.29) is 11.6 Å². The van der Waals surface area contributed by atoms with Gasteiger partial charge in [0.1, 0.15) is 23.2 Å². The highest BCUT2D eigenvalue weighted by Crippen LogP contribution is 2.39. The standard InChI is InChI=1S/C19H15N3O/c1-12-17(13-6-3-2-4-7-13)18(16(11-20)19(21)22-12)14-8-5-9-15(23)10-14/h2-10,23H,1H3,(H2,21,22). The molecule has 3 N–H and O–H groups in total. The van der Waals surface area contributed by atoms with Gasteiger partial charge in [0, 0.05) is 16.8 Å². The fourth-order valence-corrected chi connectivity index (χ4v) is 2.75. The third-order valence-electron chi connectivity index (χ3n) is 3.72. The zero-order valence-electron chi connectivity index (χ0n) is 12.6. The third kappa shape index (κ3) is 2.60. The summed E-state index contributed by atoms with van der Waals surface area (Å²) < 4.78 is 0. The number of aromatic hydroxyl groups is 1. The van der Waals surface area contributed by atoms with Crippen LogP contribution in [0.2, 0.25) is 0 Å². The summed E-state index contributed by atoms with van der Waals surface area (Å²) in [5.41, 5.74) is 10.2. The monoisotopic (exact) mass is 301 g/mol. The summed E-state index contributed by atoms with van der Waals surface area (Å²) in [5, 5.41) is 19.4. The number of anilines is 1. The molecule has 4 nitrogen and oxygen atoms in total. The number of nitrogens with two attached hydrogens (primary N) is 1. The van der Waals surface area contributed by atoms with E-state index in [2.05, 4.69) is 11.1 Å². The fourth-order valence-electron chi connectivity index (χ4n) is 2.75. The van der Waals surface area contributed by atoms with E-state index in [1.165, 1.54) is 0 Å². The lowest BCUT2D eigenvalue weighted by Crippen LogP contribution is -2.03. The molecule has 4 heteroatoms. The van der Waals surface area contributed by atoms with E-state index < -0.39 is 0 Å². The highest BCUT2D eigenvalue weighted by Gasteiger charge is 2.19. The molecule has 0 radical (unpaired) electrons. The average molecular weight is 301 g/mol. The number of aromatic nitrogens is 1. The number of rotatable bonds is 2. The molecule has 1 aromatic heterocycles. The van der Waals surface area contributed by atoms with Crippen molar-refractivity contribution in [3.63, 3.8) is 0 Å². The van der Waals surface area contributed by atoms with Gasteiger partial charge in [-0.1, -0.05) is 42.5 Å². The number of hydrogen-bond donors (Lipinski definition) is 2. The van der Waals surface area contributed by atoms with Gasteiger partial charge in [-0.3, -0.25) is 0 Å². The molecular weight excluding hydrogens is 286 g/mol. The second kappa shape index (κ2) is 5.82. The minimum atomic E-state index is 0.137. The molecule has 0 spiro atoms. The number of hydrogen-bond acceptors (Lipinski definition) is 4. The second-order valence-corrected chi connectivity index (χ2v) is 5.24. The predicted octanol–water partition coefficient (Wildman–Crippen LogP) is 3.88. The van der Waals surface area contributed by atoms with E-state index >= 15 is 0 Å². The number of aryl methyl sites for hydroxylation is 1. The predicted molar refractivity (Wildman–Crippen MR) is 90.6 cm³/mol. The van der Waals surface area contributed by atoms with Crippen LogP contribution in [0.3, 0.4) is 0 Å². The van der Waals surface area contributed by atoms with Crippen LogP contribution in [0.5, 0.6) is 5.75 Å². The van der Waals surface area contributed by atoms with Crippen molar-refractivity contribution in [1.29, 1.82) is 5.26 Å². The number of nitrogens with zero attached hydrogens (tertiary/aromatic N) is 2. The van der Waals surface area contributed by atoms with Crippen molar-refractivity contribution in [2.75, 3.05) is 5.73 Å². The molecule has 0 saturated heterocycles. The maximum atomic E-state index is 9.81. The van der Waals surface area contributed by atoms with Gasteiger partial charge in [0.05, 0.1) is 0 Å². The Morgan fingerprint density at radius 1 is 1.00 bits per heavy atom. The van der Waals surface area contributed by atoms with Crippen LogP contribution in [0.4, 0.5) is 5.82 Å². The number of nitrogen functional groups attached to an aromatic ring is 1. The number of phenolic OH excluding ortho intramolecular Hbond substituents is 1. The molecule has 3 rings (SSSR count). The number of pyridine rings is 1. The first-order valence-corrected chi connectivity index (χ1v) is 7.17. The summed E-state index contributed by atoms with van der Waals surface area (Å²) in [4.78, 5) is 4.32. The SMILES string of the molecule is Cc1nc(N)c(C#N)c(-c2cccc(O)c2)c1-c1ccccc1. The molecule has 0 unspecified atom stereocenters. The Labute approximate surface area is 134 Å². The molecule has 3 aromatic rings. The van der Waals surface area contributed by atoms with Crippen LogP contribution >= 0.6 is 0 Å². The van der Waals surface area contributed by atoms with Crippen molar-refractivity contribution >= 4 is 5.82 Å². The Bertz CT molecular complexity index is 912. The molecule has 0 aliphatic heterocycles. The van der Waals surface area contributed by atoms with Crippen LogP contribution < -0.4 is 5.73 Å². The highest BCUT2D eigenvalue weighted by molar-refractivity contribution is 5.91. The number of nitriles is 1. The van der Waals surface area contributed by atoms with E-state index in [4.69, 9.17) is 5.73 Å². The van der Waals surface area contributed by atoms with Crippen molar-refractivity contribution in [2.45, 2.75) is 6.92 Å². The molecule has 0 fully saturated rings. The molecule has 1 heterocycles. The largest absolute Gasteiger partial charge is 0.508 e.